The SMILES string of the molecule is COc1c(/C=C/c2ccc(NS(C)(=O)=O)cc2)cc(-c2c[nH]c(=O)[nH]c2=O)cc1CC(F)(F)F. The van der Waals surface area contributed by atoms with Gasteiger partial charge >= 0.3 is 11.9 Å². The summed E-state index contributed by atoms with van der Waals surface area (Å²) in [6, 6.07) is 8.95. The average Bonchev–Trinajstić information content (AvgIpc) is 2.70. The Morgan fingerprint density at radius 1 is 1.09 bits per heavy atom. The van der Waals surface area contributed by atoms with E-state index in [9.17, 15) is 31.2 Å². The first-order valence-electron chi connectivity index (χ1n) is 9.70. The van der Waals surface area contributed by atoms with Gasteiger partial charge in [0.1, 0.15) is 5.75 Å². The predicted molar refractivity (Wildman–Crippen MR) is 123 cm³/mol. The lowest BCUT2D eigenvalue weighted by Gasteiger charge is -2.16. The van der Waals surface area contributed by atoms with Gasteiger partial charge in [-0.25, -0.2) is 13.2 Å². The summed E-state index contributed by atoms with van der Waals surface area (Å²) in [7, 11) is -2.20. The smallest absolute Gasteiger partial charge is 0.393 e. The minimum Gasteiger partial charge on any atom is -0.496 e. The van der Waals surface area contributed by atoms with Gasteiger partial charge in [0, 0.05) is 23.0 Å². The van der Waals surface area contributed by atoms with Crippen molar-refractivity contribution < 1.29 is 26.3 Å². The van der Waals surface area contributed by atoms with E-state index in [0.717, 1.165) is 12.5 Å². The molecule has 3 aromatic rings. The van der Waals surface area contributed by atoms with E-state index >= 15 is 0 Å². The number of alkyl halides is 3. The molecule has 12 heteroatoms. The molecular formula is C22H20F3N3O5S. The molecule has 0 aliphatic carbocycles. The molecular weight excluding hydrogens is 475 g/mol. The molecule has 3 rings (SSSR count). The summed E-state index contributed by atoms with van der Waals surface area (Å²) in [5, 5.41) is 0. The Balaban J connectivity index is 2.08. The number of rotatable bonds is 7. The lowest BCUT2D eigenvalue weighted by molar-refractivity contribution is -0.127. The Morgan fingerprint density at radius 3 is 2.32 bits per heavy atom. The van der Waals surface area contributed by atoms with Gasteiger partial charge in [0.25, 0.3) is 5.56 Å². The van der Waals surface area contributed by atoms with E-state index in [-0.39, 0.29) is 28.0 Å². The molecule has 0 radical (unpaired) electrons. The number of sulfonamides is 1. The third-order valence-electron chi connectivity index (χ3n) is 4.59. The topological polar surface area (TPSA) is 121 Å². The predicted octanol–water partition coefficient (Wildman–Crippen LogP) is 3.39. The van der Waals surface area contributed by atoms with Crippen molar-refractivity contribution in [1.82, 2.24) is 9.97 Å². The monoisotopic (exact) mass is 495 g/mol. The van der Waals surface area contributed by atoms with E-state index in [1.807, 2.05) is 4.98 Å². The highest BCUT2D eigenvalue weighted by Gasteiger charge is 2.30. The van der Waals surface area contributed by atoms with E-state index in [1.54, 1.807) is 18.2 Å². The zero-order valence-electron chi connectivity index (χ0n) is 18.0. The summed E-state index contributed by atoms with van der Waals surface area (Å²) >= 11 is 0. The third kappa shape index (κ3) is 6.61. The zero-order valence-corrected chi connectivity index (χ0v) is 18.8. The van der Waals surface area contributed by atoms with Crippen LogP contribution in [0, 0.1) is 0 Å². The first-order chi connectivity index (χ1) is 15.8. The van der Waals surface area contributed by atoms with Crippen LogP contribution in [0.2, 0.25) is 0 Å². The molecule has 34 heavy (non-hydrogen) atoms. The van der Waals surface area contributed by atoms with Gasteiger partial charge in [-0.3, -0.25) is 14.5 Å². The Morgan fingerprint density at radius 2 is 1.76 bits per heavy atom. The highest BCUT2D eigenvalue weighted by Crippen LogP contribution is 2.35. The van der Waals surface area contributed by atoms with Crippen molar-refractivity contribution in [2.24, 2.45) is 0 Å². The number of nitrogens with one attached hydrogen (secondary N) is 3. The quantitative estimate of drug-likeness (QED) is 0.434. The molecule has 0 bridgehead atoms. The van der Waals surface area contributed by atoms with Crippen molar-refractivity contribution in [3.8, 4) is 16.9 Å². The molecule has 0 fully saturated rings. The minimum absolute atomic E-state index is 0.0171. The van der Waals surface area contributed by atoms with Crippen molar-refractivity contribution in [3.63, 3.8) is 0 Å². The van der Waals surface area contributed by atoms with Crippen molar-refractivity contribution in [2.45, 2.75) is 12.6 Å². The maximum Gasteiger partial charge on any atom is 0.393 e. The Labute approximate surface area is 192 Å². The van der Waals surface area contributed by atoms with Gasteiger partial charge in [0.15, 0.2) is 0 Å². The van der Waals surface area contributed by atoms with Crippen LogP contribution >= 0.6 is 0 Å². The molecule has 0 saturated carbocycles. The Hall–Kier alpha value is -3.80. The minimum atomic E-state index is -4.53. The van der Waals surface area contributed by atoms with Gasteiger partial charge in [0.2, 0.25) is 10.0 Å². The van der Waals surface area contributed by atoms with E-state index < -0.39 is 33.9 Å². The first-order valence-corrected chi connectivity index (χ1v) is 11.6. The molecule has 0 unspecified atom stereocenters. The number of halogens is 3. The van der Waals surface area contributed by atoms with Gasteiger partial charge in [-0.2, -0.15) is 13.2 Å². The van der Waals surface area contributed by atoms with Crippen LogP contribution in [0.5, 0.6) is 5.75 Å². The van der Waals surface area contributed by atoms with Crippen LogP contribution in [0.4, 0.5) is 18.9 Å². The number of H-pyrrole nitrogens is 2. The normalized spacial score (nSPS) is 12.1. The van der Waals surface area contributed by atoms with E-state index in [4.69, 9.17) is 4.74 Å². The Kier molecular flexibility index (Phi) is 7.01. The van der Waals surface area contributed by atoms with E-state index in [1.165, 1.54) is 37.5 Å². The van der Waals surface area contributed by atoms with E-state index in [2.05, 4.69) is 9.71 Å². The molecule has 0 aliphatic rings. The second-order valence-electron chi connectivity index (χ2n) is 7.36. The standard InChI is InChI=1S/C22H20F3N3O5S/c1-33-19-14(6-3-13-4-7-17(8-5-13)28-34(2,31)32)9-15(10-16(19)11-22(23,24)25)18-12-26-21(30)27-20(18)29/h3-10,12,28H,11H2,1-2H3,(H2,26,27,29,30)/b6-3+. The largest absolute Gasteiger partial charge is 0.496 e. The fourth-order valence-corrected chi connectivity index (χ4v) is 3.84. The molecule has 2 aromatic carbocycles. The van der Waals surface area contributed by atoms with Gasteiger partial charge < -0.3 is 9.72 Å². The van der Waals surface area contributed by atoms with Crippen LogP contribution in [0.15, 0.2) is 52.2 Å². The molecule has 1 aromatic heterocycles. The molecule has 0 saturated heterocycles. The van der Waals surface area contributed by atoms with E-state index in [0.29, 0.717) is 11.3 Å². The fraction of sp³-hybridized carbons (Fsp3) is 0.182. The van der Waals surface area contributed by atoms with Gasteiger partial charge in [-0.1, -0.05) is 24.3 Å². The lowest BCUT2D eigenvalue weighted by atomic mass is 9.97. The van der Waals surface area contributed by atoms with Crippen molar-refractivity contribution in [1.29, 1.82) is 0 Å². The van der Waals surface area contributed by atoms with Gasteiger partial charge in [0.05, 0.1) is 25.3 Å². The summed E-state index contributed by atoms with van der Waals surface area (Å²) in [5.74, 6) is -0.0199. The van der Waals surface area contributed by atoms with Crippen molar-refractivity contribution in [2.75, 3.05) is 18.1 Å². The number of ether oxygens (including phenoxy) is 1. The molecule has 1 heterocycles. The molecule has 8 nitrogen and oxygen atoms in total. The second kappa shape index (κ2) is 9.59. The highest BCUT2D eigenvalue weighted by molar-refractivity contribution is 7.92. The number of hydrogen-bond donors (Lipinski definition) is 3. The molecule has 0 spiro atoms. The molecule has 0 amide bonds. The van der Waals surface area contributed by atoms with Crippen LogP contribution in [0.25, 0.3) is 23.3 Å². The second-order valence-corrected chi connectivity index (χ2v) is 9.11. The number of benzene rings is 2. The first kappa shape index (κ1) is 24.8. The highest BCUT2D eigenvalue weighted by atomic mass is 32.2. The summed E-state index contributed by atoms with van der Waals surface area (Å²) in [5.41, 5.74) is -0.299. The number of aromatic amines is 2. The molecule has 0 aliphatic heterocycles. The summed E-state index contributed by atoms with van der Waals surface area (Å²) in [6.07, 6.45) is -0.570. The van der Waals surface area contributed by atoms with Crippen LogP contribution in [0.1, 0.15) is 16.7 Å². The lowest BCUT2D eigenvalue weighted by Crippen LogP contribution is -2.22. The van der Waals surface area contributed by atoms with Gasteiger partial charge in [-0.05, 0) is 35.4 Å². The molecule has 3 N–H and O–H groups in total. The summed E-state index contributed by atoms with van der Waals surface area (Å²) < 4.78 is 69.9. The average molecular weight is 495 g/mol. The maximum atomic E-state index is 13.2. The third-order valence-corrected chi connectivity index (χ3v) is 5.20. The molecule has 180 valence electrons. The summed E-state index contributed by atoms with van der Waals surface area (Å²) in [6.45, 7) is 0. The Bertz CT molecular complexity index is 1440. The fourth-order valence-electron chi connectivity index (χ4n) is 3.28. The number of methoxy groups -OCH3 is 1. The summed E-state index contributed by atoms with van der Waals surface area (Å²) in [4.78, 5) is 27.9. The van der Waals surface area contributed by atoms with Crippen LogP contribution < -0.4 is 20.7 Å². The van der Waals surface area contributed by atoms with Crippen LogP contribution in [-0.4, -0.2) is 37.9 Å². The maximum absolute atomic E-state index is 13.2. The van der Waals surface area contributed by atoms with Crippen molar-refractivity contribution >= 4 is 27.9 Å². The number of aromatic nitrogens is 2. The van der Waals surface area contributed by atoms with Crippen molar-refractivity contribution in [3.05, 3.63) is 80.1 Å². The van der Waals surface area contributed by atoms with Gasteiger partial charge in [-0.15, -0.1) is 0 Å². The van der Waals surface area contributed by atoms with Crippen LogP contribution in [0.3, 0.4) is 0 Å². The number of hydrogen-bond acceptors (Lipinski definition) is 5. The zero-order chi connectivity index (χ0) is 25.1. The molecule has 0 atom stereocenters. The van der Waals surface area contributed by atoms with Crippen LogP contribution in [-0.2, 0) is 16.4 Å². The number of anilines is 1.